The summed E-state index contributed by atoms with van der Waals surface area (Å²) in [5.41, 5.74) is 2.50. The Morgan fingerprint density at radius 2 is 1.87 bits per heavy atom. The molecule has 0 atom stereocenters. The molecule has 1 aliphatic rings. The predicted octanol–water partition coefficient (Wildman–Crippen LogP) is 3.88. The highest BCUT2D eigenvalue weighted by atomic mass is 35.5. The van der Waals surface area contributed by atoms with Crippen LogP contribution in [0.4, 0.5) is 0 Å². The molecule has 1 aromatic carbocycles. The molecular formula is C13H15ClO. The normalized spacial score (nSPS) is 18.1. The van der Waals surface area contributed by atoms with Crippen LogP contribution < -0.4 is 0 Å². The van der Waals surface area contributed by atoms with Gasteiger partial charge in [-0.05, 0) is 48.9 Å². The molecule has 2 rings (SSSR count). The van der Waals surface area contributed by atoms with Crippen molar-refractivity contribution >= 4 is 17.4 Å². The predicted molar refractivity (Wildman–Crippen MR) is 62.4 cm³/mol. The van der Waals surface area contributed by atoms with Crippen LogP contribution in [0, 0.1) is 6.92 Å². The Labute approximate surface area is 95.4 Å². The van der Waals surface area contributed by atoms with Gasteiger partial charge in [0.1, 0.15) is 5.78 Å². The summed E-state index contributed by atoms with van der Waals surface area (Å²) in [7, 11) is 0. The minimum atomic E-state index is 0.407. The average Bonchev–Trinajstić information content (AvgIpc) is 2.17. The lowest BCUT2D eigenvalue weighted by Gasteiger charge is -2.21. The number of hydrogen-bond donors (Lipinski definition) is 0. The summed E-state index contributed by atoms with van der Waals surface area (Å²) in [5, 5.41) is 0.807. The van der Waals surface area contributed by atoms with Crippen LogP contribution in [-0.2, 0) is 4.79 Å². The summed E-state index contributed by atoms with van der Waals surface area (Å²) in [6.45, 7) is 2.06. The smallest absolute Gasteiger partial charge is 0.132 e. The van der Waals surface area contributed by atoms with Gasteiger partial charge < -0.3 is 0 Å². The first kappa shape index (κ1) is 10.7. The number of carbonyl (C=O) groups is 1. The molecule has 0 heterocycles. The van der Waals surface area contributed by atoms with Crippen molar-refractivity contribution in [2.24, 2.45) is 0 Å². The summed E-state index contributed by atoms with van der Waals surface area (Å²) in [6.07, 6.45) is 3.43. The van der Waals surface area contributed by atoms with Gasteiger partial charge in [-0.2, -0.15) is 0 Å². The van der Waals surface area contributed by atoms with E-state index in [1.807, 2.05) is 12.1 Å². The van der Waals surface area contributed by atoms with Gasteiger partial charge in [-0.25, -0.2) is 0 Å². The zero-order chi connectivity index (χ0) is 10.8. The fraction of sp³-hybridized carbons (Fsp3) is 0.462. The van der Waals surface area contributed by atoms with Crippen LogP contribution in [-0.4, -0.2) is 5.78 Å². The molecule has 0 radical (unpaired) electrons. The molecule has 80 valence electrons. The van der Waals surface area contributed by atoms with Crippen LogP contribution in [0.3, 0.4) is 0 Å². The molecule has 0 N–H and O–H groups in total. The van der Waals surface area contributed by atoms with Crippen LogP contribution >= 0.6 is 11.6 Å². The Morgan fingerprint density at radius 3 is 2.47 bits per heavy atom. The SMILES string of the molecule is Cc1cc(Cl)cc(C2CCC(=O)CC2)c1. The molecule has 1 fully saturated rings. The lowest BCUT2D eigenvalue weighted by atomic mass is 9.83. The molecule has 0 amide bonds. The molecule has 0 aliphatic heterocycles. The number of rotatable bonds is 1. The number of hydrogen-bond acceptors (Lipinski definition) is 1. The highest BCUT2D eigenvalue weighted by molar-refractivity contribution is 6.30. The van der Waals surface area contributed by atoms with Gasteiger partial charge in [-0.3, -0.25) is 4.79 Å². The van der Waals surface area contributed by atoms with Crippen LogP contribution in [0.5, 0.6) is 0 Å². The van der Waals surface area contributed by atoms with Gasteiger partial charge in [0.05, 0.1) is 0 Å². The summed E-state index contributed by atoms with van der Waals surface area (Å²) < 4.78 is 0. The molecule has 1 aromatic rings. The van der Waals surface area contributed by atoms with Gasteiger partial charge in [0.25, 0.3) is 0 Å². The van der Waals surface area contributed by atoms with Crippen molar-refractivity contribution in [3.05, 3.63) is 34.3 Å². The highest BCUT2D eigenvalue weighted by Crippen LogP contribution is 2.32. The number of ketones is 1. The molecule has 1 nitrogen and oxygen atoms in total. The number of Topliss-reactive ketones (excluding diaryl/α,β-unsaturated/α-hetero) is 1. The Balaban J connectivity index is 2.18. The minimum Gasteiger partial charge on any atom is -0.300 e. The van der Waals surface area contributed by atoms with Gasteiger partial charge in [-0.1, -0.05) is 17.7 Å². The molecule has 1 aliphatic carbocycles. The van der Waals surface area contributed by atoms with Gasteiger partial charge in [0.15, 0.2) is 0 Å². The molecule has 0 spiro atoms. The largest absolute Gasteiger partial charge is 0.300 e. The first-order chi connectivity index (χ1) is 7.15. The first-order valence-electron chi connectivity index (χ1n) is 5.44. The van der Waals surface area contributed by atoms with Gasteiger partial charge in [-0.15, -0.1) is 0 Å². The molecule has 0 bridgehead atoms. The van der Waals surface area contributed by atoms with E-state index < -0.39 is 0 Å². The molecule has 0 saturated heterocycles. The Morgan fingerprint density at radius 1 is 1.20 bits per heavy atom. The summed E-state index contributed by atoms with van der Waals surface area (Å²) >= 11 is 6.03. The topological polar surface area (TPSA) is 17.1 Å². The Bertz CT molecular complexity index is 354. The van der Waals surface area contributed by atoms with E-state index in [9.17, 15) is 4.79 Å². The third kappa shape index (κ3) is 2.60. The average molecular weight is 223 g/mol. The maximum absolute atomic E-state index is 11.1. The second-order valence-electron chi connectivity index (χ2n) is 4.37. The van der Waals surface area contributed by atoms with E-state index in [1.165, 1.54) is 11.1 Å². The maximum Gasteiger partial charge on any atom is 0.132 e. The van der Waals surface area contributed by atoms with Gasteiger partial charge in [0.2, 0.25) is 0 Å². The van der Waals surface area contributed by atoms with Crippen molar-refractivity contribution in [2.75, 3.05) is 0 Å². The van der Waals surface area contributed by atoms with E-state index in [0.717, 1.165) is 30.7 Å². The summed E-state index contributed by atoms with van der Waals surface area (Å²) in [5.74, 6) is 0.935. The van der Waals surface area contributed by atoms with E-state index in [4.69, 9.17) is 11.6 Å². The van der Waals surface area contributed by atoms with E-state index in [-0.39, 0.29) is 0 Å². The van der Waals surface area contributed by atoms with Crippen molar-refractivity contribution in [3.8, 4) is 0 Å². The second-order valence-corrected chi connectivity index (χ2v) is 4.81. The Hall–Kier alpha value is -0.820. The number of halogens is 1. The van der Waals surface area contributed by atoms with E-state index in [2.05, 4.69) is 13.0 Å². The van der Waals surface area contributed by atoms with Gasteiger partial charge >= 0.3 is 0 Å². The van der Waals surface area contributed by atoms with Crippen molar-refractivity contribution in [1.82, 2.24) is 0 Å². The fourth-order valence-electron chi connectivity index (χ4n) is 2.27. The molecule has 2 heteroatoms. The van der Waals surface area contributed by atoms with E-state index in [0.29, 0.717) is 11.7 Å². The molecule has 0 aromatic heterocycles. The zero-order valence-corrected chi connectivity index (χ0v) is 9.68. The lowest BCUT2D eigenvalue weighted by molar-refractivity contribution is -0.120. The number of carbonyl (C=O) groups excluding carboxylic acids is 1. The number of benzene rings is 1. The summed E-state index contributed by atoms with van der Waals surface area (Å²) in [6, 6.07) is 6.19. The van der Waals surface area contributed by atoms with Crippen molar-refractivity contribution in [3.63, 3.8) is 0 Å². The van der Waals surface area contributed by atoms with Crippen LogP contribution in [0.1, 0.15) is 42.7 Å². The van der Waals surface area contributed by atoms with Crippen LogP contribution in [0.2, 0.25) is 5.02 Å². The van der Waals surface area contributed by atoms with Crippen molar-refractivity contribution in [2.45, 2.75) is 38.5 Å². The third-order valence-corrected chi connectivity index (χ3v) is 3.30. The monoisotopic (exact) mass is 222 g/mol. The summed E-state index contributed by atoms with van der Waals surface area (Å²) in [4.78, 5) is 11.1. The standard InChI is InChI=1S/C13H15ClO/c1-9-6-11(8-12(14)7-9)10-2-4-13(15)5-3-10/h6-8,10H,2-5H2,1H3. The van der Waals surface area contributed by atoms with Crippen molar-refractivity contribution < 1.29 is 4.79 Å². The molecule has 1 saturated carbocycles. The van der Waals surface area contributed by atoms with Crippen LogP contribution in [0.15, 0.2) is 18.2 Å². The Kier molecular flexibility index (Phi) is 3.11. The van der Waals surface area contributed by atoms with E-state index in [1.54, 1.807) is 0 Å². The van der Waals surface area contributed by atoms with Crippen LogP contribution in [0.25, 0.3) is 0 Å². The quantitative estimate of drug-likeness (QED) is 0.705. The molecule has 0 unspecified atom stereocenters. The fourth-order valence-corrected chi connectivity index (χ4v) is 2.57. The van der Waals surface area contributed by atoms with E-state index >= 15 is 0 Å². The highest BCUT2D eigenvalue weighted by Gasteiger charge is 2.20. The molecule has 15 heavy (non-hydrogen) atoms. The molecular weight excluding hydrogens is 208 g/mol. The number of aryl methyl sites for hydroxylation is 1. The lowest BCUT2D eigenvalue weighted by Crippen LogP contribution is -2.12. The minimum absolute atomic E-state index is 0.407. The van der Waals surface area contributed by atoms with Crippen molar-refractivity contribution in [1.29, 1.82) is 0 Å². The zero-order valence-electron chi connectivity index (χ0n) is 8.92. The first-order valence-corrected chi connectivity index (χ1v) is 5.82. The second kappa shape index (κ2) is 4.36. The van der Waals surface area contributed by atoms with Gasteiger partial charge in [0, 0.05) is 17.9 Å². The maximum atomic E-state index is 11.1. The third-order valence-electron chi connectivity index (χ3n) is 3.08.